The molecule has 3 aromatic rings. The maximum Gasteiger partial charge on any atom is 0.133 e. The maximum atomic E-state index is 15.0. The normalized spacial score (nSPS) is 19.2. The molecule has 1 aliphatic rings. The zero-order chi connectivity index (χ0) is 21.3. The highest BCUT2D eigenvalue weighted by molar-refractivity contribution is 6.31. The topological polar surface area (TPSA) is 66.5 Å². The quantitative estimate of drug-likeness (QED) is 0.622. The van der Waals surface area contributed by atoms with Gasteiger partial charge in [0, 0.05) is 30.8 Å². The van der Waals surface area contributed by atoms with Crippen LogP contribution in [0.2, 0.25) is 5.02 Å². The van der Waals surface area contributed by atoms with Crippen LogP contribution in [0, 0.1) is 19.7 Å². The van der Waals surface area contributed by atoms with Gasteiger partial charge in [0.15, 0.2) is 0 Å². The molecule has 30 heavy (non-hydrogen) atoms. The highest BCUT2D eigenvalue weighted by atomic mass is 35.5. The second-order valence-corrected chi connectivity index (χ2v) is 8.76. The lowest BCUT2D eigenvalue weighted by molar-refractivity contribution is 0.379. The summed E-state index contributed by atoms with van der Waals surface area (Å²) in [7, 11) is 0. The number of hydrogen-bond acceptors (Lipinski definition) is 4. The molecule has 158 valence electrons. The largest absolute Gasteiger partial charge is 0.314 e. The van der Waals surface area contributed by atoms with Crippen LogP contribution in [-0.4, -0.2) is 32.8 Å². The van der Waals surface area contributed by atoms with Crippen LogP contribution in [0.4, 0.5) is 4.39 Å². The SMILES string of the molecule is Cc1cc(Cc2nc(Cc3cc(C)c([C@H]4CCN[C@H](C)C4)cc3F)ncc2Cl)n[nH]1. The molecule has 0 saturated carbocycles. The Morgan fingerprint density at radius 3 is 2.77 bits per heavy atom. The van der Waals surface area contributed by atoms with Gasteiger partial charge >= 0.3 is 0 Å². The van der Waals surface area contributed by atoms with E-state index in [-0.39, 0.29) is 5.82 Å². The van der Waals surface area contributed by atoms with Crippen LogP contribution in [0.3, 0.4) is 0 Å². The summed E-state index contributed by atoms with van der Waals surface area (Å²) >= 11 is 6.29. The molecular weight excluding hydrogens is 401 g/mol. The second-order valence-electron chi connectivity index (χ2n) is 8.35. The Morgan fingerprint density at radius 2 is 2.03 bits per heavy atom. The molecule has 0 bridgehead atoms. The Bertz CT molecular complexity index is 1050. The Labute approximate surface area is 181 Å². The first kappa shape index (κ1) is 20.9. The lowest BCUT2D eigenvalue weighted by atomic mass is 9.84. The predicted octanol–water partition coefficient (Wildman–Crippen LogP) is 4.65. The lowest BCUT2D eigenvalue weighted by Gasteiger charge is -2.29. The number of H-pyrrole nitrogens is 1. The van der Waals surface area contributed by atoms with Crippen molar-refractivity contribution in [3.63, 3.8) is 0 Å². The van der Waals surface area contributed by atoms with E-state index in [1.165, 1.54) is 0 Å². The van der Waals surface area contributed by atoms with E-state index in [9.17, 15) is 4.39 Å². The van der Waals surface area contributed by atoms with E-state index in [0.29, 0.717) is 46.9 Å². The molecule has 1 saturated heterocycles. The van der Waals surface area contributed by atoms with Gasteiger partial charge in [-0.3, -0.25) is 5.10 Å². The van der Waals surface area contributed by atoms with E-state index in [1.807, 2.05) is 19.1 Å². The van der Waals surface area contributed by atoms with Crippen molar-refractivity contribution in [3.8, 4) is 0 Å². The van der Waals surface area contributed by atoms with Crippen molar-refractivity contribution in [2.45, 2.75) is 58.4 Å². The summed E-state index contributed by atoms with van der Waals surface area (Å²) in [5.74, 6) is 0.772. The Morgan fingerprint density at radius 1 is 1.20 bits per heavy atom. The first-order chi connectivity index (χ1) is 14.4. The molecular formula is C23H27ClFN5. The fraction of sp³-hybridized carbons (Fsp3) is 0.435. The fourth-order valence-corrected chi connectivity index (χ4v) is 4.46. The molecule has 0 spiro atoms. The molecule has 4 rings (SSSR count). The Kier molecular flexibility index (Phi) is 6.16. The Hall–Kier alpha value is -2.31. The summed E-state index contributed by atoms with van der Waals surface area (Å²) < 4.78 is 15.0. The van der Waals surface area contributed by atoms with Gasteiger partial charge in [-0.05, 0) is 74.9 Å². The standard InChI is InChI=1S/C23H27ClFN5/c1-13-6-17(21(25)11-19(13)16-4-5-26-14(2)7-16)9-23-27-12-20(24)22(28-23)10-18-8-15(3)29-30-18/h6,8,11-12,14,16,26H,4-5,7,9-10H2,1-3H3,(H,29,30)/t14-,16+/m1/s1. The fourth-order valence-electron chi connectivity index (χ4n) is 4.31. The van der Waals surface area contributed by atoms with Crippen LogP contribution in [0.1, 0.15) is 65.3 Å². The first-order valence-corrected chi connectivity index (χ1v) is 10.8. The van der Waals surface area contributed by atoms with Gasteiger partial charge in [-0.1, -0.05) is 17.7 Å². The highest BCUT2D eigenvalue weighted by Gasteiger charge is 2.23. The van der Waals surface area contributed by atoms with E-state index in [4.69, 9.17) is 11.6 Å². The monoisotopic (exact) mass is 427 g/mol. The van der Waals surface area contributed by atoms with E-state index in [1.54, 1.807) is 12.3 Å². The molecule has 2 aromatic heterocycles. The van der Waals surface area contributed by atoms with Crippen LogP contribution in [0.5, 0.6) is 0 Å². The summed E-state index contributed by atoms with van der Waals surface area (Å²) in [6.07, 6.45) is 4.51. The number of nitrogens with one attached hydrogen (secondary N) is 2. The van der Waals surface area contributed by atoms with Crippen molar-refractivity contribution in [2.24, 2.45) is 0 Å². The second kappa shape index (κ2) is 8.82. The number of nitrogens with zero attached hydrogens (tertiary/aromatic N) is 3. The third-order valence-electron chi connectivity index (χ3n) is 5.82. The smallest absolute Gasteiger partial charge is 0.133 e. The van der Waals surface area contributed by atoms with E-state index >= 15 is 0 Å². The highest BCUT2D eigenvalue weighted by Crippen LogP contribution is 2.32. The maximum absolute atomic E-state index is 15.0. The van der Waals surface area contributed by atoms with Crippen molar-refractivity contribution in [1.82, 2.24) is 25.5 Å². The van der Waals surface area contributed by atoms with Crippen LogP contribution >= 0.6 is 11.6 Å². The average molecular weight is 428 g/mol. The van der Waals surface area contributed by atoms with E-state index in [2.05, 4.69) is 39.3 Å². The molecule has 0 aliphatic carbocycles. The third kappa shape index (κ3) is 4.71. The molecule has 0 radical (unpaired) electrons. The molecule has 1 fully saturated rings. The van der Waals surface area contributed by atoms with Gasteiger partial charge in [0.25, 0.3) is 0 Å². The third-order valence-corrected chi connectivity index (χ3v) is 6.14. The minimum absolute atomic E-state index is 0.190. The van der Waals surface area contributed by atoms with Crippen LogP contribution in [0.25, 0.3) is 0 Å². The summed E-state index contributed by atoms with van der Waals surface area (Å²) in [4.78, 5) is 8.92. The molecule has 7 heteroatoms. The van der Waals surface area contributed by atoms with Gasteiger partial charge in [-0.15, -0.1) is 0 Å². The van der Waals surface area contributed by atoms with Crippen molar-refractivity contribution >= 4 is 11.6 Å². The summed E-state index contributed by atoms with van der Waals surface area (Å²) in [5, 5.41) is 11.1. The van der Waals surface area contributed by atoms with Crippen molar-refractivity contribution in [2.75, 3.05) is 6.54 Å². The minimum atomic E-state index is -0.190. The number of aryl methyl sites for hydroxylation is 2. The number of piperidine rings is 1. The zero-order valence-electron chi connectivity index (χ0n) is 17.6. The Balaban J connectivity index is 1.55. The lowest BCUT2D eigenvalue weighted by Crippen LogP contribution is -2.35. The van der Waals surface area contributed by atoms with Gasteiger partial charge in [0.1, 0.15) is 11.6 Å². The molecule has 2 atom stereocenters. The number of aromatic nitrogens is 4. The van der Waals surface area contributed by atoms with Crippen LogP contribution < -0.4 is 5.32 Å². The number of aromatic amines is 1. The molecule has 2 N–H and O–H groups in total. The predicted molar refractivity (Wildman–Crippen MR) is 117 cm³/mol. The average Bonchev–Trinajstić information content (AvgIpc) is 3.11. The molecule has 1 aromatic carbocycles. The van der Waals surface area contributed by atoms with Crippen LogP contribution in [-0.2, 0) is 12.8 Å². The zero-order valence-corrected chi connectivity index (χ0v) is 18.4. The first-order valence-electron chi connectivity index (χ1n) is 10.4. The van der Waals surface area contributed by atoms with Gasteiger partial charge in [-0.25, -0.2) is 14.4 Å². The summed E-state index contributed by atoms with van der Waals surface area (Å²) in [6.45, 7) is 7.18. The van der Waals surface area contributed by atoms with Gasteiger partial charge in [0.2, 0.25) is 0 Å². The molecule has 1 aliphatic heterocycles. The molecule has 0 unspecified atom stereocenters. The van der Waals surface area contributed by atoms with Gasteiger partial charge in [-0.2, -0.15) is 5.10 Å². The van der Waals surface area contributed by atoms with E-state index in [0.717, 1.165) is 41.9 Å². The number of rotatable bonds is 5. The summed E-state index contributed by atoms with van der Waals surface area (Å²) in [6, 6.07) is 6.09. The van der Waals surface area contributed by atoms with Crippen molar-refractivity contribution < 1.29 is 4.39 Å². The molecule has 0 amide bonds. The van der Waals surface area contributed by atoms with Crippen molar-refractivity contribution in [3.05, 3.63) is 74.8 Å². The molecule has 3 heterocycles. The number of hydrogen-bond donors (Lipinski definition) is 2. The van der Waals surface area contributed by atoms with Gasteiger partial charge in [0.05, 0.1) is 16.4 Å². The molecule has 5 nitrogen and oxygen atoms in total. The minimum Gasteiger partial charge on any atom is -0.314 e. The van der Waals surface area contributed by atoms with Crippen molar-refractivity contribution in [1.29, 1.82) is 0 Å². The number of benzene rings is 1. The van der Waals surface area contributed by atoms with Crippen LogP contribution in [0.15, 0.2) is 24.4 Å². The summed E-state index contributed by atoms with van der Waals surface area (Å²) in [5.41, 5.74) is 5.41. The van der Waals surface area contributed by atoms with E-state index < -0.39 is 0 Å². The van der Waals surface area contributed by atoms with Gasteiger partial charge < -0.3 is 5.32 Å². The number of halogens is 2.